The first-order chi connectivity index (χ1) is 14.6. The van der Waals surface area contributed by atoms with Crippen molar-refractivity contribution in [3.05, 3.63) is 70.7 Å². The van der Waals surface area contributed by atoms with Crippen LogP contribution in [-0.2, 0) is 6.54 Å². The van der Waals surface area contributed by atoms with Gasteiger partial charge in [0.25, 0.3) is 5.91 Å². The second kappa shape index (κ2) is 12.9. The summed E-state index contributed by atoms with van der Waals surface area (Å²) in [4.78, 5) is 19.0. The van der Waals surface area contributed by atoms with Crippen LogP contribution in [0, 0.1) is 0 Å². The summed E-state index contributed by atoms with van der Waals surface area (Å²) >= 11 is 6.06. The maximum absolute atomic E-state index is 12.2. The first kappa shape index (κ1) is 25.4. The van der Waals surface area contributed by atoms with Gasteiger partial charge < -0.3 is 16.0 Å². The molecule has 2 aromatic carbocycles. The van der Waals surface area contributed by atoms with Gasteiger partial charge in [-0.15, -0.1) is 24.0 Å². The molecule has 8 heteroatoms. The average molecular weight is 556 g/mol. The Morgan fingerprint density at radius 1 is 1.10 bits per heavy atom. The zero-order valence-corrected chi connectivity index (χ0v) is 21.1. The van der Waals surface area contributed by atoms with Gasteiger partial charge in [0, 0.05) is 45.3 Å². The van der Waals surface area contributed by atoms with Crippen LogP contribution in [0.1, 0.15) is 29.3 Å². The number of hydrogen-bond acceptors (Lipinski definition) is 3. The molecule has 3 N–H and O–H groups in total. The number of amides is 1. The zero-order valence-electron chi connectivity index (χ0n) is 18.0. The van der Waals surface area contributed by atoms with E-state index in [9.17, 15) is 4.79 Å². The molecule has 1 heterocycles. The van der Waals surface area contributed by atoms with Crippen LogP contribution in [-0.4, -0.2) is 55.5 Å². The van der Waals surface area contributed by atoms with Gasteiger partial charge in [0.2, 0.25) is 0 Å². The number of carbonyl (C=O) groups excluding carboxylic acids is 1. The van der Waals surface area contributed by atoms with Crippen LogP contribution in [0.5, 0.6) is 0 Å². The van der Waals surface area contributed by atoms with Crippen molar-refractivity contribution in [2.24, 2.45) is 4.99 Å². The van der Waals surface area contributed by atoms with Crippen molar-refractivity contribution in [2.75, 3.05) is 26.7 Å². The minimum absolute atomic E-state index is 0. The largest absolute Gasteiger partial charge is 0.355 e. The molecule has 3 rings (SSSR count). The molecule has 0 radical (unpaired) electrons. The van der Waals surface area contributed by atoms with Crippen LogP contribution < -0.4 is 16.0 Å². The van der Waals surface area contributed by atoms with Gasteiger partial charge in [0.05, 0.1) is 10.6 Å². The van der Waals surface area contributed by atoms with E-state index in [1.165, 1.54) is 5.56 Å². The van der Waals surface area contributed by atoms with Gasteiger partial charge in [-0.05, 0) is 31.0 Å². The Hall–Kier alpha value is -1.84. The summed E-state index contributed by atoms with van der Waals surface area (Å²) in [6.45, 7) is 5.25. The Kier molecular flexibility index (Phi) is 10.6. The van der Waals surface area contributed by atoms with Crippen molar-refractivity contribution in [2.45, 2.75) is 32.0 Å². The summed E-state index contributed by atoms with van der Waals surface area (Å²) in [5.74, 6) is 0.576. The number of likely N-dealkylation sites (tertiary alicyclic amines) is 1. The van der Waals surface area contributed by atoms with E-state index < -0.39 is 0 Å². The number of guanidine groups is 1. The third-order valence-corrected chi connectivity index (χ3v) is 5.65. The standard InChI is InChI=1S/C23H30ClN5O.HI/c1-17-14-19(16-29(17)15-18-8-4-3-5-9-18)28-23(25-2)27-13-12-26-22(30)20-10-6-7-11-21(20)24;/h3-11,17,19H,12-16H2,1-2H3,(H,26,30)(H2,25,27,28);1H. The molecule has 0 saturated carbocycles. The molecule has 1 saturated heterocycles. The molecule has 2 aromatic rings. The molecule has 1 aliphatic rings. The van der Waals surface area contributed by atoms with Gasteiger partial charge in [-0.25, -0.2) is 0 Å². The lowest BCUT2D eigenvalue weighted by Gasteiger charge is -2.21. The van der Waals surface area contributed by atoms with Crippen molar-refractivity contribution < 1.29 is 4.79 Å². The van der Waals surface area contributed by atoms with Crippen LogP contribution in [0.3, 0.4) is 0 Å². The monoisotopic (exact) mass is 555 g/mol. The van der Waals surface area contributed by atoms with Crippen LogP contribution in [0.15, 0.2) is 59.6 Å². The van der Waals surface area contributed by atoms with Crippen LogP contribution in [0.25, 0.3) is 0 Å². The number of benzene rings is 2. The summed E-state index contributed by atoms with van der Waals surface area (Å²) in [5, 5.41) is 10.1. The van der Waals surface area contributed by atoms with E-state index in [4.69, 9.17) is 11.6 Å². The summed E-state index contributed by atoms with van der Waals surface area (Å²) in [7, 11) is 1.76. The van der Waals surface area contributed by atoms with Crippen LogP contribution >= 0.6 is 35.6 Å². The molecule has 2 unspecified atom stereocenters. The second-order valence-electron chi connectivity index (χ2n) is 7.58. The molecule has 0 aromatic heterocycles. The second-order valence-corrected chi connectivity index (χ2v) is 7.98. The number of halogens is 2. The molecule has 1 amide bonds. The number of aliphatic imine (C=N–C) groups is 1. The Bertz CT molecular complexity index is 864. The summed E-state index contributed by atoms with van der Waals surface area (Å²) in [6, 6.07) is 18.4. The highest BCUT2D eigenvalue weighted by Crippen LogP contribution is 2.20. The average Bonchev–Trinajstić information content (AvgIpc) is 3.09. The molecule has 168 valence electrons. The van der Waals surface area contributed by atoms with Crippen molar-refractivity contribution in [3.63, 3.8) is 0 Å². The molecule has 0 spiro atoms. The van der Waals surface area contributed by atoms with Crippen molar-refractivity contribution in [1.82, 2.24) is 20.9 Å². The third kappa shape index (κ3) is 7.66. The molecule has 1 fully saturated rings. The molecule has 2 atom stereocenters. The van der Waals surface area contributed by atoms with E-state index >= 15 is 0 Å². The van der Waals surface area contributed by atoms with E-state index in [1.807, 2.05) is 6.07 Å². The van der Waals surface area contributed by atoms with Gasteiger partial charge in [0.15, 0.2) is 5.96 Å². The predicted octanol–water partition coefficient (Wildman–Crippen LogP) is 3.52. The van der Waals surface area contributed by atoms with E-state index in [0.29, 0.717) is 35.8 Å². The molecule has 6 nitrogen and oxygen atoms in total. The quantitative estimate of drug-likeness (QED) is 0.212. The highest BCUT2D eigenvalue weighted by Gasteiger charge is 2.29. The highest BCUT2D eigenvalue weighted by atomic mass is 127. The highest BCUT2D eigenvalue weighted by molar-refractivity contribution is 14.0. The summed E-state index contributed by atoms with van der Waals surface area (Å²) < 4.78 is 0. The summed E-state index contributed by atoms with van der Waals surface area (Å²) in [5.41, 5.74) is 1.82. The number of nitrogens with zero attached hydrogens (tertiary/aromatic N) is 2. The minimum Gasteiger partial charge on any atom is -0.355 e. The fourth-order valence-electron chi connectivity index (χ4n) is 3.73. The first-order valence-corrected chi connectivity index (χ1v) is 10.7. The lowest BCUT2D eigenvalue weighted by molar-refractivity contribution is 0.0954. The normalized spacial score (nSPS) is 18.9. The lowest BCUT2D eigenvalue weighted by Crippen LogP contribution is -2.46. The molecule has 31 heavy (non-hydrogen) atoms. The van der Waals surface area contributed by atoms with Gasteiger partial charge in [-0.1, -0.05) is 54.1 Å². The van der Waals surface area contributed by atoms with Crippen molar-refractivity contribution >= 4 is 47.4 Å². The maximum atomic E-state index is 12.2. The third-order valence-electron chi connectivity index (χ3n) is 5.32. The number of hydrogen-bond donors (Lipinski definition) is 3. The molecule has 1 aliphatic heterocycles. The van der Waals surface area contributed by atoms with Crippen LogP contribution in [0.2, 0.25) is 5.02 Å². The minimum atomic E-state index is -0.175. The Balaban J connectivity index is 0.00000341. The number of nitrogens with one attached hydrogen (secondary N) is 3. The number of rotatable bonds is 7. The summed E-state index contributed by atoms with van der Waals surface area (Å²) in [6.07, 6.45) is 1.07. The van der Waals surface area contributed by atoms with Crippen molar-refractivity contribution in [1.29, 1.82) is 0 Å². The van der Waals surface area contributed by atoms with E-state index in [-0.39, 0.29) is 29.9 Å². The van der Waals surface area contributed by atoms with Gasteiger partial charge >= 0.3 is 0 Å². The fraction of sp³-hybridized carbons (Fsp3) is 0.391. The maximum Gasteiger partial charge on any atom is 0.252 e. The van der Waals surface area contributed by atoms with E-state index in [1.54, 1.807) is 31.3 Å². The van der Waals surface area contributed by atoms with Gasteiger partial charge in [-0.3, -0.25) is 14.7 Å². The van der Waals surface area contributed by atoms with Gasteiger partial charge in [0.1, 0.15) is 0 Å². The van der Waals surface area contributed by atoms with Gasteiger partial charge in [-0.2, -0.15) is 0 Å². The first-order valence-electron chi connectivity index (χ1n) is 10.3. The molecular weight excluding hydrogens is 525 g/mol. The fourth-order valence-corrected chi connectivity index (χ4v) is 3.95. The smallest absolute Gasteiger partial charge is 0.252 e. The Labute approximate surface area is 206 Å². The van der Waals surface area contributed by atoms with Crippen molar-refractivity contribution in [3.8, 4) is 0 Å². The molecular formula is C23H31ClIN5O. The zero-order chi connectivity index (χ0) is 21.3. The Morgan fingerprint density at radius 3 is 2.48 bits per heavy atom. The predicted molar refractivity (Wildman–Crippen MR) is 138 cm³/mol. The lowest BCUT2D eigenvalue weighted by atomic mass is 10.2. The van der Waals surface area contributed by atoms with E-state index in [0.717, 1.165) is 25.5 Å². The Morgan fingerprint density at radius 2 is 1.77 bits per heavy atom. The van der Waals surface area contributed by atoms with Crippen LogP contribution in [0.4, 0.5) is 0 Å². The molecule has 0 aliphatic carbocycles. The number of carbonyl (C=O) groups is 1. The SMILES string of the molecule is CN=C(NCCNC(=O)c1ccccc1Cl)NC1CC(C)N(Cc2ccccc2)C1.I. The van der Waals surface area contributed by atoms with E-state index in [2.05, 4.69) is 57.0 Å². The molecule has 0 bridgehead atoms. The topological polar surface area (TPSA) is 68.8 Å².